The highest BCUT2D eigenvalue weighted by molar-refractivity contribution is 5.70. The third kappa shape index (κ3) is 8.47. The first-order valence-electron chi connectivity index (χ1n) is 11.3. The Labute approximate surface area is 211 Å². The van der Waals surface area contributed by atoms with Crippen molar-refractivity contribution in [2.45, 2.75) is 13.0 Å². The largest absolute Gasteiger partial charge is 0.487 e. The Hall–Kier alpha value is -4.17. The number of nitro benzene ring substituents is 2. The van der Waals surface area contributed by atoms with Gasteiger partial charge in [0.25, 0.3) is 11.4 Å². The average Bonchev–Trinajstić information content (AvgIpc) is 2.87. The highest BCUT2D eigenvalue weighted by Crippen LogP contribution is 2.33. The molecule has 1 heterocycles. The topological polar surface area (TPSA) is 168 Å². The third-order valence-electron chi connectivity index (χ3n) is 4.84. The number of hydrogen-bond acceptors (Lipinski definition) is 12. The molecule has 0 saturated carbocycles. The molecule has 0 radical (unpaired) electrons. The van der Waals surface area contributed by atoms with Crippen molar-refractivity contribution < 1.29 is 47.8 Å². The normalized spacial score (nSPS) is 14.9. The summed E-state index contributed by atoms with van der Waals surface area (Å²) in [5.41, 5.74) is -0.432. The second kappa shape index (κ2) is 13.8. The molecule has 0 saturated heterocycles. The Balaban J connectivity index is 1.86. The lowest BCUT2D eigenvalue weighted by Gasteiger charge is -2.21. The number of non-ortho nitro benzene ring substituents is 2. The van der Waals surface area contributed by atoms with Gasteiger partial charge in [0.15, 0.2) is 23.0 Å². The first-order valence-corrected chi connectivity index (χ1v) is 11.3. The van der Waals surface area contributed by atoms with E-state index in [0.717, 1.165) is 0 Å². The summed E-state index contributed by atoms with van der Waals surface area (Å²) in [4.78, 5) is 33.2. The van der Waals surface area contributed by atoms with E-state index < -0.39 is 28.5 Å². The van der Waals surface area contributed by atoms with Gasteiger partial charge in [0.05, 0.1) is 41.8 Å². The van der Waals surface area contributed by atoms with Crippen molar-refractivity contribution in [2.24, 2.45) is 0 Å². The second-order valence-corrected chi connectivity index (χ2v) is 7.45. The first kappa shape index (κ1) is 27.4. The highest BCUT2D eigenvalue weighted by atomic mass is 16.6. The van der Waals surface area contributed by atoms with Crippen LogP contribution in [0.3, 0.4) is 0 Å². The summed E-state index contributed by atoms with van der Waals surface area (Å²) in [5.74, 6) is 0.0105. The molecular weight excluding hydrogens is 496 g/mol. The van der Waals surface area contributed by atoms with Crippen LogP contribution in [-0.4, -0.2) is 74.8 Å². The number of carbonyl (C=O) groups is 1. The summed E-state index contributed by atoms with van der Waals surface area (Å²) in [7, 11) is 0. The Bertz CT molecular complexity index is 1020. The fourth-order valence-corrected chi connectivity index (χ4v) is 3.11. The summed E-state index contributed by atoms with van der Waals surface area (Å²) in [6.45, 7) is 1.60. The van der Waals surface area contributed by atoms with Gasteiger partial charge in [0.2, 0.25) is 0 Å². The lowest BCUT2D eigenvalue weighted by molar-refractivity contribution is -0.385. The fourth-order valence-electron chi connectivity index (χ4n) is 3.11. The average molecular weight is 522 g/mol. The van der Waals surface area contributed by atoms with Crippen LogP contribution in [-0.2, 0) is 19.0 Å². The molecule has 14 heteroatoms. The molecule has 0 spiro atoms. The van der Waals surface area contributed by atoms with Gasteiger partial charge in [-0.05, 0) is 19.1 Å². The van der Waals surface area contributed by atoms with Crippen LogP contribution in [0.15, 0.2) is 36.4 Å². The highest BCUT2D eigenvalue weighted by Gasteiger charge is 2.21. The summed E-state index contributed by atoms with van der Waals surface area (Å²) in [5, 5.41) is 22.5. The molecule has 1 aliphatic heterocycles. The summed E-state index contributed by atoms with van der Waals surface area (Å²) < 4.78 is 38.8. The molecule has 0 fully saturated rings. The summed E-state index contributed by atoms with van der Waals surface area (Å²) in [6, 6.07) is 7.76. The van der Waals surface area contributed by atoms with Gasteiger partial charge in [0, 0.05) is 12.1 Å². The van der Waals surface area contributed by atoms with Crippen molar-refractivity contribution in [2.75, 3.05) is 52.9 Å². The van der Waals surface area contributed by atoms with E-state index >= 15 is 0 Å². The van der Waals surface area contributed by atoms with Crippen LogP contribution in [0.1, 0.15) is 6.92 Å². The Kier molecular flexibility index (Phi) is 10.2. The molecule has 37 heavy (non-hydrogen) atoms. The van der Waals surface area contributed by atoms with Crippen LogP contribution in [0.25, 0.3) is 0 Å². The van der Waals surface area contributed by atoms with Gasteiger partial charge in [-0.15, -0.1) is 0 Å². The first-order chi connectivity index (χ1) is 17.9. The lowest BCUT2D eigenvalue weighted by atomic mass is 10.2. The molecule has 1 aliphatic rings. The number of ether oxygens (including phenoxy) is 7. The molecule has 0 N–H and O–H groups in total. The van der Waals surface area contributed by atoms with Crippen LogP contribution in [0.5, 0.6) is 23.0 Å². The molecule has 0 bridgehead atoms. The van der Waals surface area contributed by atoms with Gasteiger partial charge >= 0.3 is 5.97 Å². The SMILES string of the molecule is CCOC(=O)COC1COc2cc([N+](=O)[O-])ccc2OCCOCCOc2ccc([N+](=O)[O-])cc2OC1. The number of benzene rings is 2. The van der Waals surface area contributed by atoms with E-state index in [-0.39, 0.29) is 80.6 Å². The fraction of sp³-hybridized carbons (Fsp3) is 0.435. The number of carbonyl (C=O) groups excluding carboxylic acids is 1. The number of nitrogens with zero attached hydrogens (tertiary/aromatic N) is 2. The van der Waals surface area contributed by atoms with Crippen LogP contribution < -0.4 is 18.9 Å². The van der Waals surface area contributed by atoms with Crippen molar-refractivity contribution in [1.29, 1.82) is 0 Å². The Morgan fingerprint density at radius 1 is 0.838 bits per heavy atom. The van der Waals surface area contributed by atoms with Crippen molar-refractivity contribution in [1.82, 2.24) is 0 Å². The van der Waals surface area contributed by atoms with Crippen LogP contribution in [0.4, 0.5) is 11.4 Å². The van der Waals surface area contributed by atoms with Crippen molar-refractivity contribution in [3.63, 3.8) is 0 Å². The van der Waals surface area contributed by atoms with E-state index in [4.69, 9.17) is 33.2 Å². The van der Waals surface area contributed by atoms with Gasteiger partial charge < -0.3 is 33.2 Å². The van der Waals surface area contributed by atoms with E-state index in [2.05, 4.69) is 0 Å². The second-order valence-electron chi connectivity index (χ2n) is 7.45. The molecule has 0 aliphatic carbocycles. The van der Waals surface area contributed by atoms with Crippen LogP contribution >= 0.6 is 0 Å². The molecule has 0 atom stereocenters. The molecule has 2 aromatic rings. The predicted octanol–water partition coefficient (Wildman–Crippen LogP) is 2.70. The zero-order valence-electron chi connectivity index (χ0n) is 20.0. The molecule has 200 valence electrons. The number of hydrogen-bond donors (Lipinski definition) is 0. The molecule has 0 unspecified atom stereocenters. The molecule has 0 amide bonds. The van der Waals surface area contributed by atoms with E-state index in [9.17, 15) is 25.0 Å². The number of fused-ring (bicyclic) bond motifs is 2. The minimum Gasteiger partial charge on any atom is -0.487 e. The maximum absolute atomic E-state index is 11.8. The smallest absolute Gasteiger partial charge is 0.332 e. The molecule has 14 nitrogen and oxygen atoms in total. The van der Waals surface area contributed by atoms with E-state index in [1.807, 2.05) is 0 Å². The zero-order chi connectivity index (χ0) is 26.6. The number of esters is 1. The Morgan fingerprint density at radius 3 is 1.81 bits per heavy atom. The third-order valence-corrected chi connectivity index (χ3v) is 4.84. The van der Waals surface area contributed by atoms with E-state index in [0.29, 0.717) is 0 Å². The lowest BCUT2D eigenvalue weighted by Crippen LogP contribution is -2.31. The van der Waals surface area contributed by atoms with Gasteiger partial charge in [-0.2, -0.15) is 0 Å². The Morgan fingerprint density at radius 2 is 1.35 bits per heavy atom. The van der Waals surface area contributed by atoms with Gasteiger partial charge in [-0.1, -0.05) is 0 Å². The predicted molar refractivity (Wildman–Crippen MR) is 125 cm³/mol. The van der Waals surface area contributed by atoms with Crippen molar-refractivity contribution >= 4 is 17.3 Å². The molecular formula is C23H26N2O12. The van der Waals surface area contributed by atoms with Gasteiger partial charge in [-0.25, -0.2) is 4.79 Å². The van der Waals surface area contributed by atoms with Gasteiger partial charge in [-0.3, -0.25) is 20.2 Å². The quantitative estimate of drug-likeness (QED) is 0.309. The molecule has 0 aromatic heterocycles. The standard InChI is InChI=1S/C23H26N2O12/c1-2-32-23(26)15-35-18-13-36-21-11-16(24(27)28)3-5-19(21)33-9-7-31-8-10-34-20-6-4-17(25(29)30)12-22(20)37-14-18/h3-6,11-12,18H,2,7-10,13-15H2,1H3. The van der Waals surface area contributed by atoms with E-state index in [1.54, 1.807) is 6.92 Å². The number of rotatable bonds is 6. The molecule has 3 rings (SSSR count). The zero-order valence-corrected chi connectivity index (χ0v) is 20.0. The van der Waals surface area contributed by atoms with Crippen molar-refractivity contribution in [3.05, 3.63) is 56.6 Å². The monoisotopic (exact) mass is 522 g/mol. The minimum atomic E-state index is -0.889. The van der Waals surface area contributed by atoms with Crippen LogP contribution in [0, 0.1) is 20.2 Å². The van der Waals surface area contributed by atoms with Gasteiger partial charge in [0.1, 0.15) is 39.1 Å². The minimum absolute atomic E-state index is 0.0744. The summed E-state index contributed by atoms with van der Waals surface area (Å²) >= 11 is 0. The number of nitro groups is 2. The van der Waals surface area contributed by atoms with E-state index in [1.165, 1.54) is 36.4 Å². The summed E-state index contributed by atoms with van der Waals surface area (Å²) in [6.07, 6.45) is -0.889. The molecule has 2 aromatic carbocycles. The maximum atomic E-state index is 11.8. The van der Waals surface area contributed by atoms with Crippen molar-refractivity contribution in [3.8, 4) is 23.0 Å². The van der Waals surface area contributed by atoms with Crippen LogP contribution in [0.2, 0.25) is 0 Å². The maximum Gasteiger partial charge on any atom is 0.332 e.